The number of methoxy groups -OCH3 is 1. The molecular formula is C11H15N5O2. The second kappa shape index (κ2) is 5.54. The monoisotopic (exact) mass is 249 g/mol. The fourth-order valence-corrected chi connectivity index (χ4v) is 1.68. The Balaban J connectivity index is 2.43. The van der Waals surface area contributed by atoms with Gasteiger partial charge in [-0.3, -0.25) is 4.79 Å². The molecule has 7 nitrogen and oxygen atoms in total. The van der Waals surface area contributed by atoms with Gasteiger partial charge in [0, 0.05) is 19.7 Å². The lowest BCUT2D eigenvalue weighted by molar-refractivity contribution is 0.177. The summed E-state index contributed by atoms with van der Waals surface area (Å²) < 4.78 is 6.70. The molecule has 0 bridgehead atoms. The molecule has 0 amide bonds. The Morgan fingerprint density at radius 2 is 2.33 bits per heavy atom. The van der Waals surface area contributed by atoms with Gasteiger partial charge in [0.05, 0.1) is 11.9 Å². The Morgan fingerprint density at radius 3 is 3.06 bits per heavy atom. The molecule has 0 spiro atoms. The molecule has 0 aliphatic carbocycles. The molecule has 0 saturated heterocycles. The van der Waals surface area contributed by atoms with Crippen LogP contribution in [0.5, 0.6) is 0 Å². The van der Waals surface area contributed by atoms with Crippen molar-refractivity contribution in [3.05, 3.63) is 28.4 Å². The van der Waals surface area contributed by atoms with Gasteiger partial charge >= 0.3 is 0 Å². The van der Waals surface area contributed by atoms with Crippen molar-refractivity contribution in [3.8, 4) is 11.4 Å². The summed E-state index contributed by atoms with van der Waals surface area (Å²) >= 11 is 0. The Morgan fingerprint density at radius 1 is 1.50 bits per heavy atom. The van der Waals surface area contributed by atoms with Gasteiger partial charge in [-0.15, -0.1) is 5.10 Å². The van der Waals surface area contributed by atoms with E-state index in [4.69, 9.17) is 4.74 Å². The molecule has 0 unspecified atom stereocenters. The summed E-state index contributed by atoms with van der Waals surface area (Å²) in [5.74, 6) is 0.490. The Labute approximate surface area is 104 Å². The summed E-state index contributed by atoms with van der Waals surface area (Å²) in [7, 11) is 1.55. The Bertz CT molecular complexity index is 575. The highest BCUT2D eigenvalue weighted by atomic mass is 16.5. The fraction of sp³-hybridized carbons (Fsp3) is 0.455. The van der Waals surface area contributed by atoms with Crippen LogP contribution >= 0.6 is 0 Å². The van der Waals surface area contributed by atoms with Crippen molar-refractivity contribution in [2.24, 2.45) is 0 Å². The highest BCUT2D eigenvalue weighted by molar-refractivity contribution is 5.52. The molecule has 0 fully saturated rings. The molecule has 0 aliphatic rings. The predicted molar refractivity (Wildman–Crippen MR) is 64.9 cm³/mol. The molecule has 1 N–H and O–H groups in total. The standard InChI is InChI=1S/C11H15N5O2/c1-3-4-16-9(6-12-15-16)8-5-11(17)14-10(13-8)7-18-2/h5-6H,3-4,7H2,1-2H3,(H,13,14,17). The second-order valence-corrected chi connectivity index (χ2v) is 3.85. The number of aromatic nitrogens is 5. The summed E-state index contributed by atoms with van der Waals surface area (Å²) in [6, 6.07) is 1.43. The zero-order valence-electron chi connectivity index (χ0n) is 10.4. The first kappa shape index (κ1) is 12.4. The Kier molecular flexibility index (Phi) is 3.83. The zero-order chi connectivity index (χ0) is 13.0. The van der Waals surface area contributed by atoms with Crippen molar-refractivity contribution in [2.75, 3.05) is 7.11 Å². The van der Waals surface area contributed by atoms with E-state index in [1.54, 1.807) is 18.0 Å². The lowest BCUT2D eigenvalue weighted by Gasteiger charge is -2.05. The van der Waals surface area contributed by atoms with Crippen LogP contribution in [0.2, 0.25) is 0 Å². The lowest BCUT2D eigenvalue weighted by Crippen LogP contribution is -2.13. The summed E-state index contributed by atoms with van der Waals surface area (Å²) in [6.07, 6.45) is 2.54. The molecule has 0 saturated carbocycles. The van der Waals surface area contributed by atoms with E-state index < -0.39 is 0 Å². The maximum absolute atomic E-state index is 11.5. The number of nitrogens with zero attached hydrogens (tertiary/aromatic N) is 4. The normalized spacial score (nSPS) is 10.8. The van der Waals surface area contributed by atoms with Crippen LogP contribution in [-0.4, -0.2) is 32.1 Å². The average Bonchev–Trinajstić information content (AvgIpc) is 2.77. The van der Waals surface area contributed by atoms with Gasteiger partial charge in [-0.25, -0.2) is 9.67 Å². The van der Waals surface area contributed by atoms with Crippen LogP contribution in [0.4, 0.5) is 0 Å². The van der Waals surface area contributed by atoms with Crippen molar-refractivity contribution in [3.63, 3.8) is 0 Å². The van der Waals surface area contributed by atoms with E-state index in [-0.39, 0.29) is 12.2 Å². The third-order valence-corrected chi connectivity index (χ3v) is 2.39. The summed E-state index contributed by atoms with van der Waals surface area (Å²) in [4.78, 5) is 18.5. The SMILES string of the molecule is CCCn1nncc1-c1cc(=O)[nH]c(COC)n1. The van der Waals surface area contributed by atoms with E-state index in [1.165, 1.54) is 6.07 Å². The summed E-state index contributed by atoms with van der Waals surface area (Å²) in [6.45, 7) is 3.05. The quantitative estimate of drug-likeness (QED) is 0.838. The number of hydrogen-bond acceptors (Lipinski definition) is 5. The number of rotatable bonds is 5. The van der Waals surface area contributed by atoms with Crippen LogP contribution in [0.15, 0.2) is 17.1 Å². The molecule has 0 aromatic carbocycles. The number of aromatic amines is 1. The molecule has 0 aliphatic heterocycles. The first-order valence-electron chi connectivity index (χ1n) is 5.72. The van der Waals surface area contributed by atoms with Gasteiger partial charge in [-0.2, -0.15) is 0 Å². The van der Waals surface area contributed by atoms with Gasteiger partial charge < -0.3 is 9.72 Å². The minimum atomic E-state index is -0.212. The van der Waals surface area contributed by atoms with Crippen LogP contribution in [0, 0.1) is 0 Å². The molecule has 7 heteroatoms. The third-order valence-electron chi connectivity index (χ3n) is 2.39. The van der Waals surface area contributed by atoms with Crippen molar-refractivity contribution in [1.29, 1.82) is 0 Å². The van der Waals surface area contributed by atoms with E-state index in [9.17, 15) is 4.79 Å². The van der Waals surface area contributed by atoms with Gasteiger partial charge in [0.25, 0.3) is 5.56 Å². The molecule has 2 rings (SSSR count). The van der Waals surface area contributed by atoms with Gasteiger partial charge in [-0.05, 0) is 6.42 Å². The lowest BCUT2D eigenvalue weighted by atomic mass is 10.3. The van der Waals surface area contributed by atoms with Crippen molar-refractivity contribution < 1.29 is 4.74 Å². The maximum Gasteiger partial charge on any atom is 0.251 e. The van der Waals surface area contributed by atoms with Crippen molar-refractivity contribution in [2.45, 2.75) is 26.5 Å². The highest BCUT2D eigenvalue weighted by Crippen LogP contribution is 2.13. The highest BCUT2D eigenvalue weighted by Gasteiger charge is 2.09. The number of hydrogen-bond donors (Lipinski definition) is 1. The molecule has 2 aromatic rings. The number of nitrogens with one attached hydrogen (secondary N) is 1. The topological polar surface area (TPSA) is 85.7 Å². The second-order valence-electron chi connectivity index (χ2n) is 3.85. The largest absolute Gasteiger partial charge is 0.377 e. The third kappa shape index (κ3) is 2.62. The molecule has 0 radical (unpaired) electrons. The van der Waals surface area contributed by atoms with Crippen molar-refractivity contribution >= 4 is 0 Å². The zero-order valence-corrected chi connectivity index (χ0v) is 10.4. The molecule has 2 aromatic heterocycles. The predicted octanol–water partition coefficient (Wildman–Crippen LogP) is 0.585. The minimum absolute atomic E-state index is 0.212. The van der Waals surface area contributed by atoms with E-state index in [0.29, 0.717) is 11.5 Å². The number of aryl methyl sites for hydroxylation is 1. The summed E-state index contributed by atoms with van der Waals surface area (Å²) in [5.41, 5.74) is 1.08. The average molecular weight is 249 g/mol. The van der Waals surface area contributed by atoms with Crippen LogP contribution in [0.25, 0.3) is 11.4 Å². The molecule has 2 heterocycles. The van der Waals surface area contributed by atoms with Gasteiger partial charge in [0.2, 0.25) is 0 Å². The first-order chi connectivity index (χ1) is 8.74. The van der Waals surface area contributed by atoms with E-state index in [2.05, 4.69) is 20.3 Å². The van der Waals surface area contributed by atoms with Crippen LogP contribution < -0.4 is 5.56 Å². The number of ether oxygens (including phenoxy) is 1. The summed E-state index contributed by atoms with van der Waals surface area (Å²) in [5, 5.41) is 7.82. The van der Waals surface area contributed by atoms with Crippen molar-refractivity contribution in [1.82, 2.24) is 25.0 Å². The first-order valence-corrected chi connectivity index (χ1v) is 5.72. The van der Waals surface area contributed by atoms with E-state index in [0.717, 1.165) is 18.7 Å². The molecule has 18 heavy (non-hydrogen) atoms. The molecule has 96 valence electrons. The van der Waals surface area contributed by atoms with Crippen LogP contribution in [-0.2, 0) is 17.9 Å². The minimum Gasteiger partial charge on any atom is -0.377 e. The van der Waals surface area contributed by atoms with Gasteiger partial charge in [0.15, 0.2) is 0 Å². The molecule has 0 atom stereocenters. The van der Waals surface area contributed by atoms with Gasteiger partial charge in [0.1, 0.15) is 18.1 Å². The van der Waals surface area contributed by atoms with Crippen LogP contribution in [0.3, 0.4) is 0 Å². The number of H-pyrrole nitrogens is 1. The Hall–Kier alpha value is -2.02. The molecular weight excluding hydrogens is 234 g/mol. The maximum atomic E-state index is 11.5. The van der Waals surface area contributed by atoms with Crippen LogP contribution in [0.1, 0.15) is 19.2 Å². The van der Waals surface area contributed by atoms with Gasteiger partial charge in [-0.1, -0.05) is 12.1 Å². The fourth-order valence-electron chi connectivity index (χ4n) is 1.68. The smallest absolute Gasteiger partial charge is 0.251 e. The van der Waals surface area contributed by atoms with E-state index >= 15 is 0 Å². The van der Waals surface area contributed by atoms with E-state index in [1.807, 2.05) is 6.92 Å².